The highest BCUT2D eigenvalue weighted by Crippen LogP contribution is 2.41. The smallest absolute Gasteiger partial charge is 0.137 e. The van der Waals surface area contributed by atoms with E-state index in [1.165, 1.54) is 5.56 Å². The molecule has 0 amide bonds. The van der Waals surface area contributed by atoms with Crippen LogP contribution in [0.3, 0.4) is 0 Å². The van der Waals surface area contributed by atoms with E-state index in [-0.39, 0.29) is 5.92 Å². The van der Waals surface area contributed by atoms with Crippen molar-refractivity contribution in [1.82, 2.24) is 0 Å². The van der Waals surface area contributed by atoms with E-state index in [1.807, 2.05) is 12.1 Å². The van der Waals surface area contributed by atoms with Crippen molar-refractivity contribution in [3.63, 3.8) is 0 Å². The van der Waals surface area contributed by atoms with Crippen molar-refractivity contribution >= 4 is 5.78 Å². The van der Waals surface area contributed by atoms with Gasteiger partial charge < -0.3 is 4.74 Å². The highest BCUT2D eigenvalue weighted by Gasteiger charge is 2.38. The van der Waals surface area contributed by atoms with Gasteiger partial charge in [-0.1, -0.05) is 26.0 Å². The summed E-state index contributed by atoms with van der Waals surface area (Å²) in [6, 6.07) is 8.23. The summed E-state index contributed by atoms with van der Waals surface area (Å²) in [5, 5.41) is 0. The Morgan fingerprint density at radius 3 is 2.47 bits per heavy atom. The molecule has 2 unspecified atom stereocenters. The fraction of sp³-hybridized carbons (Fsp3) is 0.533. The van der Waals surface area contributed by atoms with Crippen LogP contribution in [-0.4, -0.2) is 12.4 Å². The van der Waals surface area contributed by atoms with E-state index in [0.29, 0.717) is 18.1 Å². The normalized spacial score (nSPS) is 23.3. The number of benzene rings is 1. The van der Waals surface area contributed by atoms with Crippen molar-refractivity contribution in [1.29, 1.82) is 0 Å². The summed E-state index contributed by atoms with van der Waals surface area (Å²) in [7, 11) is 0. The standard InChI is InChI=1S/C15H20O2/c1-3-9-17-12-7-5-11(6-8-12)14-10-15(16)13(14)4-2/h5-8,13-14H,3-4,9-10H2,1-2H3. The fourth-order valence-corrected chi connectivity index (χ4v) is 2.47. The van der Waals surface area contributed by atoms with Crippen LogP contribution in [0.2, 0.25) is 0 Å². The molecular formula is C15H20O2. The molecular weight excluding hydrogens is 212 g/mol. The van der Waals surface area contributed by atoms with Crippen LogP contribution in [-0.2, 0) is 4.79 Å². The van der Waals surface area contributed by atoms with Crippen LogP contribution in [0.5, 0.6) is 5.75 Å². The zero-order chi connectivity index (χ0) is 12.3. The molecule has 1 aromatic rings. The van der Waals surface area contributed by atoms with Crippen LogP contribution in [0, 0.1) is 5.92 Å². The molecule has 0 aromatic heterocycles. The van der Waals surface area contributed by atoms with Gasteiger partial charge in [-0.2, -0.15) is 0 Å². The van der Waals surface area contributed by atoms with E-state index in [4.69, 9.17) is 4.74 Å². The molecule has 0 heterocycles. The van der Waals surface area contributed by atoms with Gasteiger partial charge in [0.25, 0.3) is 0 Å². The lowest BCUT2D eigenvalue weighted by Gasteiger charge is -2.34. The van der Waals surface area contributed by atoms with E-state index >= 15 is 0 Å². The van der Waals surface area contributed by atoms with Crippen LogP contribution in [0.25, 0.3) is 0 Å². The molecule has 1 saturated carbocycles. The van der Waals surface area contributed by atoms with Gasteiger partial charge in [-0.15, -0.1) is 0 Å². The van der Waals surface area contributed by atoms with Gasteiger partial charge >= 0.3 is 0 Å². The lowest BCUT2D eigenvalue weighted by atomic mass is 9.68. The Hall–Kier alpha value is -1.31. The van der Waals surface area contributed by atoms with E-state index < -0.39 is 0 Å². The van der Waals surface area contributed by atoms with Crippen LogP contribution in [0.1, 0.15) is 44.6 Å². The molecule has 0 aliphatic heterocycles. The molecule has 0 saturated heterocycles. The Labute approximate surface area is 103 Å². The Bertz CT molecular complexity index is 380. The van der Waals surface area contributed by atoms with Crippen LogP contribution >= 0.6 is 0 Å². The largest absolute Gasteiger partial charge is 0.494 e. The molecule has 0 bridgehead atoms. The summed E-state index contributed by atoms with van der Waals surface area (Å²) in [6.07, 6.45) is 2.70. The number of rotatable bonds is 5. The zero-order valence-corrected chi connectivity index (χ0v) is 10.6. The van der Waals surface area contributed by atoms with Gasteiger partial charge in [-0.3, -0.25) is 4.79 Å². The molecule has 1 aliphatic rings. The van der Waals surface area contributed by atoms with E-state index in [2.05, 4.69) is 26.0 Å². The Morgan fingerprint density at radius 1 is 1.24 bits per heavy atom. The molecule has 2 heteroatoms. The van der Waals surface area contributed by atoms with Gasteiger partial charge in [0.1, 0.15) is 11.5 Å². The molecule has 2 rings (SSSR count). The number of ether oxygens (including phenoxy) is 1. The lowest BCUT2D eigenvalue weighted by molar-refractivity contribution is -0.131. The topological polar surface area (TPSA) is 26.3 Å². The highest BCUT2D eigenvalue weighted by molar-refractivity contribution is 5.89. The van der Waals surface area contributed by atoms with E-state index in [1.54, 1.807) is 0 Å². The van der Waals surface area contributed by atoms with Crippen molar-refractivity contribution in [2.75, 3.05) is 6.61 Å². The number of hydrogen-bond donors (Lipinski definition) is 0. The quantitative estimate of drug-likeness (QED) is 0.776. The summed E-state index contributed by atoms with van der Waals surface area (Å²) < 4.78 is 5.55. The Balaban J connectivity index is 2.01. The SMILES string of the molecule is CCCOc1ccc(C2CC(=O)C2CC)cc1. The van der Waals surface area contributed by atoms with Gasteiger partial charge in [-0.05, 0) is 30.5 Å². The van der Waals surface area contributed by atoms with Crippen LogP contribution in [0.15, 0.2) is 24.3 Å². The van der Waals surface area contributed by atoms with Gasteiger partial charge in [0.15, 0.2) is 0 Å². The van der Waals surface area contributed by atoms with Crippen molar-refractivity contribution in [3.05, 3.63) is 29.8 Å². The van der Waals surface area contributed by atoms with Crippen molar-refractivity contribution in [2.45, 2.75) is 39.0 Å². The van der Waals surface area contributed by atoms with Crippen molar-refractivity contribution in [3.8, 4) is 5.75 Å². The highest BCUT2D eigenvalue weighted by atomic mass is 16.5. The summed E-state index contributed by atoms with van der Waals surface area (Å²) in [6.45, 7) is 4.95. The summed E-state index contributed by atoms with van der Waals surface area (Å²) in [5.74, 6) is 2.03. The second-order valence-corrected chi connectivity index (χ2v) is 4.71. The first-order valence-corrected chi connectivity index (χ1v) is 6.51. The molecule has 2 atom stereocenters. The zero-order valence-electron chi connectivity index (χ0n) is 10.6. The maximum atomic E-state index is 11.4. The Morgan fingerprint density at radius 2 is 1.94 bits per heavy atom. The lowest BCUT2D eigenvalue weighted by Crippen LogP contribution is -2.34. The number of carbonyl (C=O) groups is 1. The fourth-order valence-electron chi connectivity index (χ4n) is 2.47. The third-order valence-electron chi connectivity index (χ3n) is 3.54. The number of ketones is 1. The monoisotopic (exact) mass is 232 g/mol. The molecule has 1 aliphatic carbocycles. The Kier molecular flexibility index (Phi) is 3.82. The van der Waals surface area contributed by atoms with E-state index in [0.717, 1.165) is 25.2 Å². The molecule has 0 N–H and O–H groups in total. The predicted octanol–water partition coefficient (Wildman–Crippen LogP) is 3.56. The number of Topliss-reactive ketones (excluding diaryl/α,β-unsaturated/α-hetero) is 1. The average Bonchev–Trinajstić information content (AvgIpc) is 2.35. The number of carbonyl (C=O) groups excluding carboxylic acids is 1. The first-order chi connectivity index (χ1) is 8.26. The van der Waals surface area contributed by atoms with E-state index in [9.17, 15) is 4.79 Å². The maximum Gasteiger partial charge on any atom is 0.137 e. The third-order valence-corrected chi connectivity index (χ3v) is 3.54. The summed E-state index contributed by atoms with van der Waals surface area (Å²) in [5.41, 5.74) is 1.28. The summed E-state index contributed by atoms with van der Waals surface area (Å²) >= 11 is 0. The third kappa shape index (κ3) is 2.51. The second kappa shape index (κ2) is 5.35. The van der Waals surface area contributed by atoms with Crippen LogP contribution in [0.4, 0.5) is 0 Å². The van der Waals surface area contributed by atoms with Crippen molar-refractivity contribution in [2.24, 2.45) is 5.92 Å². The van der Waals surface area contributed by atoms with Gasteiger partial charge in [-0.25, -0.2) is 0 Å². The predicted molar refractivity (Wildman–Crippen MR) is 68.4 cm³/mol. The van der Waals surface area contributed by atoms with Gasteiger partial charge in [0.2, 0.25) is 0 Å². The van der Waals surface area contributed by atoms with Gasteiger partial charge in [0.05, 0.1) is 6.61 Å². The minimum atomic E-state index is 0.248. The first kappa shape index (κ1) is 12.2. The average molecular weight is 232 g/mol. The van der Waals surface area contributed by atoms with Crippen molar-refractivity contribution < 1.29 is 9.53 Å². The van der Waals surface area contributed by atoms with Gasteiger partial charge in [0, 0.05) is 18.3 Å². The minimum Gasteiger partial charge on any atom is -0.494 e. The molecule has 2 nitrogen and oxygen atoms in total. The maximum absolute atomic E-state index is 11.4. The van der Waals surface area contributed by atoms with Crippen LogP contribution < -0.4 is 4.74 Å². The molecule has 17 heavy (non-hydrogen) atoms. The molecule has 0 spiro atoms. The molecule has 92 valence electrons. The molecule has 0 radical (unpaired) electrons. The summed E-state index contributed by atoms with van der Waals surface area (Å²) in [4.78, 5) is 11.4. The second-order valence-electron chi connectivity index (χ2n) is 4.71. The molecule has 1 aromatic carbocycles. The molecule has 1 fully saturated rings. The first-order valence-electron chi connectivity index (χ1n) is 6.51. The number of hydrogen-bond acceptors (Lipinski definition) is 2. The minimum absolute atomic E-state index is 0.248.